The molecule has 0 aromatic heterocycles. The number of hydrogen-bond acceptors (Lipinski definition) is 6. The van der Waals surface area contributed by atoms with Crippen molar-refractivity contribution < 1.29 is 19.1 Å². The molecule has 4 aliphatic rings. The standard InChI is InChI=1S/C21H26N4O4/c22-11-21-7-6-20(10-21,12-29-21)23-8-13-2-1-3-14-9-25(19(28)17(13)14)15-4-5-16(26)24-18(15)27/h1-3,15,23H,4-12,22H2,(H,24,26,27). The highest BCUT2D eigenvalue weighted by Crippen LogP contribution is 2.46. The molecule has 3 unspecified atom stereocenters. The van der Waals surface area contributed by atoms with Gasteiger partial charge in [-0.05, 0) is 36.8 Å². The van der Waals surface area contributed by atoms with Crippen LogP contribution in [0, 0.1) is 0 Å². The summed E-state index contributed by atoms with van der Waals surface area (Å²) >= 11 is 0. The van der Waals surface area contributed by atoms with E-state index in [1.165, 1.54) is 0 Å². The van der Waals surface area contributed by atoms with E-state index >= 15 is 0 Å². The molecular weight excluding hydrogens is 372 g/mol. The molecule has 8 heteroatoms. The van der Waals surface area contributed by atoms with Gasteiger partial charge in [0.05, 0.1) is 12.2 Å². The van der Waals surface area contributed by atoms with Crippen molar-refractivity contribution in [2.24, 2.45) is 5.73 Å². The first-order valence-corrected chi connectivity index (χ1v) is 10.3. The lowest BCUT2D eigenvalue weighted by molar-refractivity contribution is -0.136. The zero-order chi connectivity index (χ0) is 20.2. The molecule has 8 nitrogen and oxygen atoms in total. The number of fused-ring (bicyclic) bond motifs is 3. The topological polar surface area (TPSA) is 114 Å². The smallest absolute Gasteiger partial charge is 0.255 e. The van der Waals surface area contributed by atoms with Gasteiger partial charge < -0.3 is 20.7 Å². The Morgan fingerprint density at radius 2 is 2.14 bits per heavy atom. The average molecular weight is 398 g/mol. The maximum Gasteiger partial charge on any atom is 0.255 e. The number of benzene rings is 1. The molecule has 3 amide bonds. The molecule has 5 rings (SSSR count). The predicted molar refractivity (Wildman–Crippen MR) is 104 cm³/mol. The van der Waals surface area contributed by atoms with E-state index in [9.17, 15) is 14.4 Å². The molecule has 29 heavy (non-hydrogen) atoms. The fourth-order valence-electron chi connectivity index (χ4n) is 5.35. The van der Waals surface area contributed by atoms with Gasteiger partial charge in [-0.3, -0.25) is 19.7 Å². The molecular formula is C21H26N4O4. The highest BCUT2D eigenvalue weighted by atomic mass is 16.5. The lowest BCUT2D eigenvalue weighted by Gasteiger charge is -2.29. The van der Waals surface area contributed by atoms with Gasteiger partial charge in [0, 0.05) is 37.2 Å². The molecule has 0 spiro atoms. The summed E-state index contributed by atoms with van der Waals surface area (Å²) in [6, 6.07) is 5.28. The van der Waals surface area contributed by atoms with E-state index < -0.39 is 6.04 Å². The molecule has 154 valence electrons. The Bertz CT molecular complexity index is 891. The first-order chi connectivity index (χ1) is 13.9. The van der Waals surface area contributed by atoms with Crippen LogP contribution < -0.4 is 16.4 Å². The van der Waals surface area contributed by atoms with Crippen LogP contribution in [-0.2, 0) is 27.4 Å². The highest BCUT2D eigenvalue weighted by Gasteiger charge is 2.54. The number of carbonyl (C=O) groups excluding carboxylic acids is 3. The van der Waals surface area contributed by atoms with E-state index in [2.05, 4.69) is 10.6 Å². The Labute approximate surface area is 169 Å². The zero-order valence-electron chi connectivity index (χ0n) is 16.3. The lowest BCUT2D eigenvalue weighted by atomic mass is 9.96. The molecule has 1 saturated carbocycles. The van der Waals surface area contributed by atoms with Gasteiger partial charge in [-0.25, -0.2) is 0 Å². The molecule has 1 aromatic rings. The molecule has 1 aliphatic carbocycles. The second kappa shape index (κ2) is 6.62. The van der Waals surface area contributed by atoms with E-state index in [4.69, 9.17) is 10.5 Å². The predicted octanol–water partition coefficient (Wildman–Crippen LogP) is 0.188. The Balaban J connectivity index is 1.33. The van der Waals surface area contributed by atoms with E-state index in [1.807, 2.05) is 18.2 Å². The van der Waals surface area contributed by atoms with E-state index in [0.717, 1.165) is 30.4 Å². The van der Waals surface area contributed by atoms with Crippen molar-refractivity contribution in [3.05, 3.63) is 34.9 Å². The molecule has 2 saturated heterocycles. The van der Waals surface area contributed by atoms with Crippen LogP contribution in [0.15, 0.2) is 18.2 Å². The number of imide groups is 1. The molecule has 3 fully saturated rings. The Kier molecular flexibility index (Phi) is 4.27. The van der Waals surface area contributed by atoms with Crippen LogP contribution in [0.4, 0.5) is 0 Å². The van der Waals surface area contributed by atoms with Gasteiger partial charge in [-0.1, -0.05) is 18.2 Å². The van der Waals surface area contributed by atoms with Crippen LogP contribution in [0.2, 0.25) is 0 Å². The van der Waals surface area contributed by atoms with Crippen molar-refractivity contribution in [1.82, 2.24) is 15.5 Å². The van der Waals surface area contributed by atoms with Gasteiger partial charge in [0.2, 0.25) is 11.8 Å². The minimum atomic E-state index is -0.588. The van der Waals surface area contributed by atoms with Crippen molar-refractivity contribution in [2.75, 3.05) is 13.2 Å². The maximum absolute atomic E-state index is 13.2. The number of ether oxygens (including phenoxy) is 1. The number of nitrogens with zero attached hydrogens (tertiary/aromatic N) is 1. The first kappa shape index (κ1) is 18.7. The summed E-state index contributed by atoms with van der Waals surface area (Å²) in [5, 5.41) is 5.99. The second-order valence-electron chi connectivity index (χ2n) is 8.84. The third-order valence-corrected chi connectivity index (χ3v) is 7.04. The zero-order valence-corrected chi connectivity index (χ0v) is 16.3. The SMILES string of the molecule is NCC12CCC(NCc3cccc4c3C(=O)N(C3CCC(=O)NC3=O)C4)(CO1)C2. The van der Waals surface area contributed by atoms with Crippen molar-refractivity contribution in [2.45, 2.75) is 62.4 Å². The highest BCUT2D eigenvalue weighted by molar-refractivity contribution is 6.05. The summed E-state index contributed by atoms with van der Waals surface area (Å²) < 4.78 is 5.98. The molecule has 3 aliphatic heterocycles. The number of piperidine rings is 1. The third-order valence-electron chi connectivity index (χ3n) is 7.04. The summed E-state index contributed by atoms with van der Waals surface area (Å²) in [6.07, 6.45) is 3.53. The number of rotatable bonds is 5. The quantitative estimate of drug-likeness (QED) is 0.610. The van der Waals surface area contributed by atoms with Crippen LogP contribution in [0.5, 0.6) is 0 Å². The van der Waals surface area contributed by atoms with E-state index in [0.29, 0.717) is 38.2 Å². The summed E-state index contributed by atoms with van der Waals surface area (Å²) in [4.78, 5) is 38.5. The molecule has 0 radical (unpaired) electrons. The van der Waals surface area contributed by atoms with Gasteiger partial charge in [0.15, 0.2) is 0 Å². The minimum absolute atomic E-state index is 0.0763. The third kappa shape index (κ3) is 2.97. The fraction of sp³-hybridized carbons (Fsp3) is 0.571. The van der Waals surface area contributed by atoms with Gasteiger partial charge >= 0.3 is 0 Å². The first-order valence-electron chi connectivity index (χ1n) is 10.3. The van der Waals surface area contributed by atoms with Crippen LogP contribution in [0.3, 0.4) is 0 Å². The molecule has 2 bridgehead atoms. The summed E-state index contributed by atoms with van der Waals surface area (Å²) in [6.45, 7) is 2.16. The van der Waals surface area contributed by atoms with Crippen LogP contribution in [0.25, 0.3) is 0 Å². The van der Waals surface area contributed by atoms with Crippen LogP contribution in [0.1, 0.15) is 53.6 Å². The Morgan fingerprint density at radius 3 is 2.83 bits per heavy atom. The fourth-order valence-corrected chi connectivity index (χ4v) is 5.35. The lowest BCUT2D eigenvalue weighted by Crippen LogP contribution is -2.52. The average Bonchev–Trinajstić information content (AvgIpc) is 3.38. The maximum atomic E-state index is 13.2. The molecule has 1 aromatic carbocycles. The number of nitrogens with one attached hydrogen (secondary N) is 2. The van der Waals surface area contributed by atoms with Gasteiger partial charge in [-0.15, -0.1) is 0 Å². The van der Waals surface area contributed by atoms with Crippen molar-refractivity contribution in [1.29, 1.82) is 0 Å². The Hall–Kier alpha value is -2.29. The van der Waals surface area contributed by atoms with Crippen LogP contribution in [-0.4, -0.2) is 53.0 Å². The van der Waals surface area contributed by atoms with Crippen molar-refractivity contribution >= 4 is 17.7 Å². The van der Waals surface area contributed by atoms with E-state index in [1.54, 1.807) is 4.90 Å². The Morgan fingerprint density at radius 1 is 1.28 bits per heavy atom. The molecule has 3 heterocycles. The monoisotopic (exact) mass is 398 g/mol. The van der Waals surface area contributed by atoms with Gasteiger partial charge in [0.1, 0.15) is 6.04 Å². The molecule has 3 atom stereocenters. The second-order valence-corrected chi connectivity index (χ2v) is 8.84. The van der Waals surface area contributed by atoms with E-state index in [-0.39, 0.29) is 35.3 Å². The van der Waals surface area contributed by atoms with Gasteiger partial charge in [-0.2, -0.15) is 0 Å². The number of nitrogens with two attached hydrogens (primary N) is 1. The van der Waals surface area contributed by atoms with Gasteiger partial charge in [0.25, 0.3) is 5.91 Å². The summed E-state index contributed by atoms with van der Waals surface area (Å²) in [5.74, 6) is -0.786. The summed E-state index contributed by atoms with van der Waals surface area (Å²) in [5.41, 5.74) is 8.20. The minimum Gasteiger partial charge on any atom is -0.372 e. The number of amides is 3. The largest absolute Gasteiger partial charge is 0.372 e. The number of hydrogen-bond donors (Lipinski definition) is 3. The normalized spacial score (nSPS) is 33.3. The number of carbonyl (C=O) groups is 3. The molecule has 4 N–H and O–H groups in total. The van der Waals surface area contributed by atoms with Crippen molar-refractivity contribution in [3.8, 4) is 0 Å². The van der Waals surface area contributed by atoms with Crippen molar-refractivity contribution in [3.63, 3.8) is 0 Å². The van der Waals surface area contributed by atoms with Crippen LogP contribution >= 0.6 is 0 Å². The summed E-state index contributed by atoms with van der Waals surface area (Å²) in [7, 11) is 0.